The van der Waals surface area contributed by atoms with E-state index in [4.69, 9.17) is 5.73 Å². The fraction of sp³-hybridized carbons (Fsp3) is 0.333. The van der Waals surface area contributed by atoms with E-state index >= 15 is 0 Å². The lowest BCUT2D eigenvalue weighted by molar-refractivity contribution is 0.520. The maximum atomic E-state index is 13.0. The van der Waals surface area contributed by atoms with Crippen LogP contribution in [-0.2, 0) is 13.1 Å². The number of rotatable bonds is 8. The van der Waals surface area contributed by atoms with Gasteiger partial charge in [-0.05, 0) is 80.8 Å². The highest BCUT2D eigenvalue weighted by atomic mass is 19.1. The lowest BCUT2D eigenvalue weighted by Crippen LogP contribution is -2.27. The summed E-state index contributed by atoms with van der Waals surface area (Å²) in [5.41, 5.74) is 9.94. The number of hydrogen-bond donors (Lipinski definition) is 3. The number of nitrogens with two attached hydrogens (primary N) is 1. The zero-order valence-electron chi connectivity index (χ0n) is 17.1. The van der Waals surface area contributed by atoms with Crippen molar-refractivity contribution in [2.24, 2.45) is 5.73 Å². The third-order valence-electron chi connectivity index (χ3n) is 4.98. The molecule has 3 aromatic rings. The van der Waals surface area contributed by atoms with Crippen LogP contribution in [-0.4, -0.2) is 23.7 Å². The van der Waals surface area contributed by atoms with E-state index in [0.29, 0.717) is 19.1 Å². The van der Waals surface area contributed by atoms with E-state index in [2.05, 4.69) is 65.2 Å². The van der Waals surface area contributed by atoms with Crippen LogP contribution in [0.5, 0.6) is 0 Å². The number of halogens is 1. The third-order valence-corrected chi connectivity index (χ3v) is 4.98. The van der Waals surface area contributed by atoms with Crippen LogP contribution < -0.4 is 16.4 Å². The summed E-state index contributed by atoms with van der Waals surface area (Å²) in [6.07, 6.45) is 0.972. The maximum absolute atomic E-state index is 13.0. The van der Waals surface area contributed by atoms with Crippen molar-refractivity contribution in [2.75, 3.05) is 18.4 Å². The average molecular weight is 393 g/mol. The number of nitrogens with zero attached hydrogens (tertiary/aromatic N) is 1. The van der Waals surface area contributed by atoms with Gasteiger partial charge in [-0.3, -0.25) is 0 Å². The van der Waals surface area contributed by atoms with Crippen LogP contribution in [0.1, 0.15) is 31.5 Å². The zero-order valence-corrected chi connectivity index (χ0v) is 17.1. The second-order valence-corrected chi connectivity index (χ2v) is 7.19. The van der Waals surface area contributed by atoms with Crippen molar-refractivity contribution < 1.29 is 4.39 Å². The molecule has 3 rings (SSSR count). The number of anilines is 1. The fourth-order valence-corrected chi connectivity index (χ4v) is 3.37. The molecule has 2 aromatic carbocycles. The van der Waals surface area contributed by atoms with E-state index in [1.165, 1.54) is 28.6 Å². The van der Waals surface area contributed by atoms with Gasteiger partial charge >= 0.3 is 0 Å². The van der Waals surface area contributed by atoms with Crippen molar-refractivity contribution in [3.05, 3.63) is 65.6 Å². The molecule has 0 saturated carbocycles. The molecule has 0 aliphatic rings. The van der Waals surface area contributed by atoms with Crippen LogP contribution in [0.15, 0.2) is 48.5 Å². The maximum Gasteiger partial charge on any atom is 0.123 e. The van der Waals surface area contributed by atoms with Crippen LogP contribution in [0.3, 0.4) is 0 Å². The summed E-state index contributed by atoms with van der Waals surface area (Å²) in [4.78, 5) is 0. The molecule has 1 heterocycles. The predicted octanol–water partition coefficient (Wildman–Crippen LogP) is 4.09. The molecule has 5 heteroatoms. The first kappa shape index (κ1) is 20.9. The van der Waals surface area contributed by atoms with Gasteiger partial charge < -0.3 is 20.9 Å². The minimum atomic E-state index is -0.238. The van der Waals surface area contributed by atoms with Crippen LogP contribution in [0.2, 0.25) is 0 Å². The molecule has 0 amide bonds. The molecule has 0 spiro atoms. The normalized spacial score (nSPS) is 11.9. The summed E-state index contributed by atoms with van der Waals surface area (Å²) in [5.74, 6) is 6.20. The molecule has 1 aromatic heterocycles. The van der Waals surface area contributed by atoms with Gasteiger partial charge in [0, 0.05) is 35.7 Å². The topological polar surface area (TPSA) is 55.0 Å². The van der Waals surface area contributed by atoms with Gasteiger partial charge in [-0.25, -0.2) is 4.39 Å². The van der Waals surface area contributed by atoms with Crippen molar-refractivity contribution in [1.29, 1.82) is 0 Å². The Bertz CT molecular complexity index is 995. The highest BCUT2D eigenvalue weighted by molar-refractivity contribution is 5.83. The molecule has 152 valence electrons. The fourth-order valence-electron chi connectivity index (χ4n) is 3.37. The molecular formula is C24H29FN4. The van der Waals surface area contributed by atoms with E-state index in [9.17, 15) is 4.39 Å². The van der Waals surface area contributed by atoms with E-state index in [1.807, 2.05) is 0 Å². The first-order valence-electron chi connectivity index (χ1n) is 10.1. The number of aromatic nitrogens is 1. The van der Waals surface area contributed by atoms with Crippen molar-refractivity contribution >= 4 is 16.6 Å². The molecule has 0 fully saturated rings. The Hall–Kier alpha value is -2.81. The first-order chi connectivity index (χ1) is 14.1. The Labute approximate surface area is 172 Å². The second-order valence-electron chi connectivity index (χ2n) is 7.19. The molecule has 4 nitrogen and oxygen atoms in total. The van der Waals surface area contributed by atoms with E-state index < -0.39 is 0 Å². The molecule has 0 saturated heterocycles. The molecule has 0 aliphatic heterocycles. The van der Waals surface area contributed by atoms with Crippen molar-refractivity contribution in [3.8, 4) is 11.8 Å². The van der Waals surface area contributed by atoms with Gasteiger partial charge in [0.2, 0.25) is 0 Å². The van der Waals surface area contributed by atoms with Gasteiger partial charge in [-0.2, -0.15) is 0 Å². The van der Waals surface area contributed by atoms with Crippen LogP contribution in [0, 0.1) is 17.7 Å². The zero-order chi connectivity index (χ0) is 20.6. The Balaban J connectivity index is 1.70. The summed E-state index contributed by atoms with van der Waals surface area (Å²) in [5, 5.41) is 7.91. The second kappa shape index (κ2) is 10.1. The van der Waals surface area contributed by atoms with Crippen LogP contribution >= 0.6 is 0 Å². The lowest BCUT2D eigenvalue weighted by Gasteiger charge is -2.12. The summed E-state index contributed by atoms with van der Waals surface area (Å²) in [7, 11) is 0. The quantitative estimate of drug-likeness (QED) is 0.506. The molecule has 29 heavy (non-hydrogen) atoms. The number of hydrogen-bond acceptors (Lipinski definition) is 3. The van der Waals surface area contributed by atoms with E-state index in [-0.39, 0.29) is 5.82 Å². The first-order valence-corrected chi connectivity index (χ1v) is 10.1. The molecule has 4 N–H and O–H groups in total. The summed E-state index contributed by atoms with van der Waals surface area (Å²) >= 11 is 0. The van der Waals surface area contributed by atoms with E-state index in [1.54, 1.807) is 12.1 Å². The van der Waals surface area contributed by atoms with Gasteiger partial charge in [-0.1, -0.05) is 12.0 Å². The Morgan fingerprint density at radius 3 is 2.66 bits per heavy atom. The highest BCUT2D eigenvalue weighted by Crippen LogP contribution is 2.21. The van der Waals surface area contributed by atoms with Gasteiger partial charge in [0.15, 0.2) is 0 Å². The number of nitrogens with one attached hydrogen (secondary N) is 2. The Morgan fingerprint density at radius 2 is 1.93 bits per heavy atom. The highest BCUT2D eigenvalue weighted by Gasteiger charge is 2.07. The average Bonchev–Trinajstić information content (AvgIpc) is 3.07. The molecular weight excluding hydrogens is 363 g/mol. The molecule has 1 unspecified atom stereocenters. The Morgan fingerprint density at radius 1 is 1.14 bits per heavy atom. The summed E-state index contributed by atoms with van der Waals surface area (Å²) < 4.78 is 15.2. The SMILES string of the molecule is CCn1c(C#CCNc2ccc(F)cc2)cc2cc(CNC(C)CCN)ccc21. The summed E-state index contributed by atoms with van der Waals surface area (Å²) in [6.45, 7) is 7.19. The smallest absolute Gasteiger partial charge is 0.123 e. The standard InChI is InChI=1S/C24H29FN4/c1-3-29-23(5-4-14-27-22-9-7-21(25)8-10-22)16-20-15-19(6-11-24(20)29)17-28-18(2)12-13-26/h6-11,15-16,18,27-28H,3,12-14,17,26H2,1-2H3. The third kappa shape index (κ3) is 5.60. The number of fused-ring (bicyclic) bond motifs is 1. The number of benzene rings is 2. The van der Waals surface area contributed by atoms with Crippen molar-refractivity contribution in [2.45, 2.75) is 39.4 Å². The van der Waals surface area contributed by atoms with Crippen molar-refractivity contribution in [1.82, 2.24) is 9.88 Å². The van der Waals surface area contributed by atoms with Crippen LogP contribution in [0.25, 0.3) is 10.9 Å². The molecule has 1 atom stereocenters. The minimum absolute atomic E-state index is 0.238. The van der Waals surface area contributed by atoms with Crippen molar-refractivity contribution in [3.63, 3.8) is 0 Å². The Kier molecular flexibility index (Phi) is 7.29. The lowest BCUT2D eigenvalue weighted by atomic mass is 10.1. The monoisotopic (exact) mass is 392 g/mol. The summed E-state index contributed by atoms with van der Waals surface area (Å²) in [6, 6.07) is 15.4. The van der Waals surface area contributed by atoms with Gasteiger partial charge in [0.25, 0.3) is 0 Å². The largest absolute Gasteiger partial charge is 0.374 e. The van der Waals surface area contributed by atoms with Crippen LogP contribution in [0.4, 0.5) is 10.1 Å². The van der Waals surface area contributed by atoms with E-state index in [0.717, 1.165) is 30.9 Å². The molecule has 0 bridgehead atoms. The number of aryl methyl sites for hydroxylation is 1. The van der Waals surface area contributed by atoms with Gasteiger partial charge in [0.05, 0.1) is 12.2 Å². The molecule has 0 radical (unpaired) electrons. The molecule has 0 aliphatic carbocycles. The predicted molar refractivity (Wildman–Crippen MR) is 119 cm³/mol. The van der Waals surface area contributed by atoms with Gasteiger partial charge in [-0.15, -0.1) is 0 Å². The van der Waals surface area contributed by atoms with Gasteiger partial charge in [0.1, 0.15) is 5.82 Å². The minimum Gasteiger partial charge on any atom is -0.374 e.